The van der Waals surface area contributed by atoms with Gasteiger partial charge in [0.15, 0.2) is 0 Å². The largest absolute Gasteiger partial charge is 0.495 e. The number of nitriles is 1. The quantitative estimate of drug-likeness (QED) is 0.731. The van der Waals surface area contributed by atoms with Crippen LogP contribution < -0.4 is 10.1 Å². The SMILES string of the molecule is CCCCCC(C#N)Nc1ccccc1OC. The molecule has 17 heavy (non-hydrogen) atoms. The highest BCUT2D eigenvalue weighted by molar-refractivity contribution is 5.57. The molecular weight excluding hydrogens is 212 g/mol. The smallest absolute Gasteiger partial charge is 0.141 e. The van der Waals surface area contributed by atoms with Gasteiger partial charge in [0.1, 0.15) is 11.8 Å². The first-order valence-corrected chi connectivity index (χ1v) is 6.11. The van der Waals surface area contributed by atoms with Gasteiger partial charge in [-0.3, -0.25) is 0 Å². The van der Waals surface area contributed by atoms with Gasteiger partial charge in [-0.05, 0) is 18.6 Å². The lowest BCUT2D eigenvalue weighted by Gasteiger charge is -2.15. The van der Waals surface area contributed by atoms with Crippen molar-refractivity contribution in [3.63, 3.8) is 0 Å². The number of para-hydroxylation sites is 2. The van der Waals surface area contributed by atoms with E-state index in [1.165, 1.54) is 12.8 Å². The van der Waals surface area contributed by atoms with E-state index in [-0.39, 0.29) is 6.04 Å². The summed E-state index contributed by atoms with van der Waals surface area (Å²) in [5, 5.41) is 12.3. The summed E-state index contributed by atoms with van der Waals surface area (Å²) >= 11 is 0. The average Bonchev–Trinajstić information content (AvgIpc) is 2.38. The molecule has 0 aliphatic rings. The highest BCUT2D eigenvalue weighted by Crippen LogP contribution is 2.24. The molecule has 0 bridgehead atoms. The second kappa shape index (κ2) is 7.56. The fraction of sp³-hybridized carbons (Fsp3) is 0.500. The number of hydrogen-bond acceptors (Lipinski definition) is 3. The Labute approximate surface area is 103 Å². The molecule has 0 aliphatic carbocycles. The van der Waals surface area contributed by atoms with E-state index < -0.39 is 0 Å². The van der Waals surface area contributed by atoms with Crippen molar-refractivity contribution in [2.75, 3.05) is 12.4 Å². The van der Waals surface area contributed by atoms with E-state index in [4.69, 9.17) is 10.00 Å². The number of methoxy groups -OCH3 is 1. The first-order valence-electron chi connectivity index (χ1n) is 6.11. The third-order valence-corrected chi connectivity index (χ3v) is 2.69. The Kier molecular flexibility index (Phi) is 5.95. The van der Waals surface area contributed by atoms with Crippen LogP contribution in [0.1, 0.15) is 32.6 Å². The Morgan fingerprint density at radius 3 is 2.76 bits per heavy atom. The summed E-state index contributed by atoms with van der Waals surface area (Å²) in [6, 6.07) is 9.83. The fourth-order valence-corrected chi connectivity index (χ4v) is 1.72. The van der Waals surface area contributed by atoms with Gasteiger partial charge in [-0.15, -0.1) is 0 Å². The molecule has 3 heteroatoms. The highest BCUT2D eigenvalue weighted by Gasteiger charge is 2.09. The lowest BCUT2D eigenvalue weighted by Crippen LogP contribution is -2.17. The number of nitrogens with zero attached hydrogens (tertiary/aromatic N) is 1. The van der Waals surface area contributed by atoms with Crippen LogP contribution in [0.5, 0.6) is 5.75 Å². The van der Waals surface area contributed by atoms with Crippen LogP contribution in [-0.4, -0.2) is 13.2 Å². The lowest BCUT2D eigenvalue weighted by molar-refractivity contribution is 0.416. The maximum atomic E-state index is 9.10. The Hall–Kier alpha value is -1.69. The predicted molar refractivity (Wildman–Crippen MR) is 70.2 cm³/mol. The molecule has 3 nitrogen and oxygen atoms in total. The lowest BCUT2D eigenvalue weighted by atomic mass is 10.1. The number of benzene rings is 1. The van der Waals surface area contributed by atoms with Crippen LogP contribution in [0.25, 0.3) is 0 Å². The Bertz CT molecular complexity index is 371. The van der Waals surface area contributed by atoms with Gasteiger partial charge in [0.25, 0.3) is 0 Å². The van der Waals surface area contributed by atoms with Crippen molar-refractivity contribution in [1.82, 2.24) is 0 Å². The minimum absolute atomic E-state index is 0.141. The third-order valence-electron chi connectivity index (χ3n) is 2.69. The van der Waals surface area contributed by atoms with Gasteiger partial charge in [-0.25, -0.2) is 0 Å². The van der Waals surface area contributed by atoms with Crippen LogP contribution in [0.15, 0.2) is 24.3 Å². The molecule has 0 radical (unpaired) electrons. The molecular formula is C14H20N2O. The van der Waals surface area contributed by atoms with Gasteiger partial charge in [0.2, 0.25) is 0 Å². The van der Waals surface area contributed by atoms with Crippen molar-refractivity contribution in [3.05, 3.63) is 24.3 Å². The molecule has 0 spiro atoms. The van der Waals surface area contributed by atoms with Crippen molar-refractivity contribution < 1.29 is 4.74 Å². The Balaban J connectivity index is 2.58. The third kappa shape index (κ3) is 4.36. The molecule has 0 amide bonds. The summed E-state index contributed by atoms with van der Waals surface area (Å²) in [7, 11) is 1.64. The maximum Gasteiger partial charge on any atom is 0.141 e. The van der Waals surface area contributed by atoms with Gasteiger partial charge in [-0.1, -0.05) is 38.3 Å². The van der Waals surface area contributed by atoms with E-state index in [1.54, 1.807) is 7.11 Å². The van der Waals surface area contributed by atoms with Crippen molar-refractivity contribution in [1.29, 1.82) is 5.26 Å². The molecule has 1 rings (SSSR count). The zero-order valence-electron chi connectivity index (χ0n) is 10.6. The minimum atomic E-state index is -0.141. The molecule has 0 fully saturated rings. The van der Waals surface area contributed by atoms with Gasteiger partial charge in [0, 0.05) is 0 Å². The van der Waals surface area contributed by atoms with Gasteiger partial charge in [-0.2, -0.15) is 5.26 Å². The summed E-state index contributed by atoms with van der Waals surface area (Å²) in [5.41, 5.74) is 0.887. The second-order valence-electron chi connectivity index (χ2n) is 4.02. The first-order chi connectivity index (χ1) is 8.31. The summed E-state index contributed by atoms with van der Waals surface area (Å²) < 4.78 is 5.24. The summed E-state index contributed by atoms with van der Waals surface area (Å²) in [6.07, 6.45) is 4.30. The van der Waals surface area contributed by atoms with E-state index in [1.807, 2.05) is 24.3 Å². The maximum absolute atomic E-state index is 9.10. The zero-order valence-corrected chi connectivity index (χ0v) is 10.6. The summed E-state index contributed by atoms with van der Waals surface area (Å²) in [5.74, 6) is 0.781. The normalized spacial score (nSPS) is 11.6. The molecule has 1 aromatic carbocycles. The van der Waals surface area contributed by atoms with Crippen LogP contribution in [0.3, 0.4) is 0 Å². The van der Waals surface area contributed by atoms with Crippen LogP contribution in [0.4, 0.5) is 5.69 Å². The van der Waals surface area contributed by atoms with E-state index in [0.717, 1.165) is 24.3 Å². The molecule has 0 saturated carbocycles. The molecule has 1 unspecified atom stereocenters. The Morgan fingerprint density at radius 2 is 2.12 bits per heavy atom. The second-order valence-corrected chi connectivity index (χ2v) is 4.02. The molecule has 0 heterocycles. The minimum Gasteiger partial charge on any atom is -0.495 e. The van der Waals surface area contributed by atoms with Crippen molar-refractivity contribution in [3.8, 4) is 11.8 Å². The average molecular weight is 232 g/mol. The number of hydrogen-bond donors (Lipinski definition) is 1. The number of nitrogens with one attached hydrogen (secondary N) is 1. The van der Waals surface area contributed by atoms with Crippen molar-refractivity contribution >= 4 is 5.69 Å². The number of unbranched alkanes of at least 4 members (excludes halogenated alkanes) is 2. The summed E-state index contributed by atoms with van der Waals surface area (Å²) in [4.78, 5) is 0. The van der Waals surface area contributed by atoms with E-state index in [9.17, 15) is 0 Å². The highest BCUT2D eigenvalue weighted by atomic mass is 16.5. The van der Waals surface area contributed by atoms with Gasteiger partial charge in [0.05, 0.1) is 18.9 Å². The topological polar surface area (TPSA) is 45.0 Å². The van der Waals surface area contributed by atoms with Crippen LogP contribution >= 0.6 is 0 Å². The van der Waals surface area contributed by atoms with Gasteiger partial charge < -0.3 is 10.1 Å². The van der Waals surface area contributed by atoms with Gasteiger partial charge >= 0.3 is 0 Å². The molecule has 1 N–H and O–H groups in total. The standard InChI is InChI=1S/C14H20N2O/c1-3-4-5-8-12(11-15)16-13-9-6-7-10-14(13)17-2/h6-7,9-10,12,16H,3-5,8H2,1-2H3. The van der Waals surface area contributed by atoms with Crippen LogP contribution in [0.2, 0.25) is 0 Å². The van der Waals surface area contributed by atoms with E-state index in [2.05, 4.69) is 18.3 Å². The Morgan fingerprint density at radius 1 is 1.35 bits per heavy atom. The predicted octanol–water partition coefficient (Wildman–Crippen LogP) is 3.58. The zero-order chi connectivity index (χ0) is 12.5. The van der Waals surface area contributed by atoms with E-state index >= 15 is 0 Å². The number of rotatable bonds is 7. The number of anilines is 1. The van der Waals surface area contributed by atoms with Crippen molar-refractivity contribution in [2.45, 2.75) is 38.6 Å². The number of ether oxygens (including phenoxy) is 1. The molecule has 0 aromatic heterocycles. The first kappa shape index (κ1) is 13.4. The molecule has 1 aromatic rings. The summed E-state index contributed by atoms with van der Waals surface area (Å²) in [6.45, 7) is 2.16. The monoisotopic (exact) mass is 232 g/mol. The molecule has 1 atom stereocenters. The molecule has 0 saturated heterocycles. The van der Waals surface area contributed by atoms with Crippen LogP contribution in [0, 0.1) is 11.3 Å². The molecule has 92 valence electrons. The van der Waals surface area contributed by atoms with E-state index in [0.29, 0.717) is 0 Å². The van der Waals surface area contributed by atoms with Crippen LogP contribution in [-0.2, 0) is 0 Å². The molecule has 0 aliphatic heterocycles. The van der Waals surface area contributed by atoms with Crippen molar-refractivity contribution in [2.24, 2.45) is 0 Å². The fourth-order valence-electron chi connectivity index (χ4n) is 1.72.